The maximum absolute atomic E-state index is 11.7. The van der Waals surface area contributed by atoms with E-state index in [1.54, 1.807) is 27.4 Å². The Kier molecular flexibility index (Phi) is 25.6. The summed E-state index contributed by atoms with van der Waals surface area (Å²) in [5.41, 5.74) is 11.8. The Morgan fingerprint density at radius 3 is 0.957 bits per heavy atom. The van der Waals surface area contributed by atoms with Crippen molar-refractivity contribution in [3.63, 3.8) is 0 Å². The Bertz CT molecular complexity index is 5500. The molecule has 0 bridgehead atoms. The van der Waals surface area contributed by atoms with Gasteiger partial charge in [0.05, 0.1) is 0 Å². The van der Waals surface area contributed by atoms with E-state index in [-0.39, 0.29) is 74.7 Å². The number of nitrogens with zero attached hydrogens (tertiary/aromatic N) is 5. The molecule has 0 saturated heterocycles. The number of aromatic hydroxyl groups is 4. The Balaban J connectivity index is 1.38. The van der Waals surface area contributed by atoms with E-state index in [0.29, 0.717) is 45.1 Å². The van der Waals surface area contributed by atoms with Crippen LogP contribution in [0.1, 0.15) is 89.0 Å². The van der Waals surface area contributed by atoms with Gasteiger partial charge in [-0.3, -0.25) is 0 Å². The van der Waals surface area contributed by atoms with E-state index < -0.39 is 49.5 Å². The van der Waals surface area contributed by atoms with E-state index in [9.17, 15) is 20.4 Å². The van der Waals surface area contributed by atoms with Crippen molar-refractivity contribution in [3.05, 3.63) is 332 Å². The van der Waals surface area contributed by atoms with Crippen LogP contribution in [0.3, 0.4) is 0 Å². The molecule has 4 unspecified atom stereocenters. The van der Waals surface area contributed by atoms with E-state index in [1.807, 2.05) is 238 Å². The third-order valence-corrected chi connectivity index (χ3v) is 34.8. The van der Waals surface area contributed by atoms with E-state index in [1.165, 1.54) is 106 Å². The van der Waals surface area contributed by atoms with Crippen LogP contribution in [0.15, 0.2) is 247 Å². The standard InChI is InChI=1S/C88H94N6O16P6/c1-57-25-17-33-81(65(57)9)99-91-112(103-85-37-21-29-61(5)69(85)13)89-111-90-115(106-77-49-41-73(95)42-50-77,107-78-51-43-74(96)44-52-78)94(102-84-36-20-28-60(4)68(84)12)116(108-79-53-45-75(97)46-54-79,109-80-55-47-76(98)48-56-80,110-88-40-24-32-64(8)72(88)16)93(101-83-35-19-27-59(3)67(83)11)114(105-87-39-23-31-63(7)71(87)15)92(100-82-34-18-26-58(2)66(82)10)113(91)104-86-38-22-30-62(6)70(86)14/h17-56,89,95-98,111H,1-16H3. The maximum atomic E-state index is 11.7. The van der Waals surface area contributed by atoms with Crippen molar-refractivity contribution in [2.45, 2.75) is 111 Å². The van der Waals surface area contributed by atoms with Crippen LogP contribution in [0, 0.1) is 111 Å². The van der Waals surface area contributed by atoms with Crippen molar-refractivity contribution >= 4 is 49.5 Å². The van der Waals surface area contributed by atoms with Crippen molar-refractivity contribution in [2.24, 2.45) is 4.52 Å². The van der Waals surface area contributed by atoms with Gasteiger partial charge in [0.15, 0.2) is 0 Å². The molecule has 0 saturated carbocycles. The molecule has 13 rings (SSSR count). The second-order valence-corrected chi connectivity index (χ2v) is 39.8. The molecular formula is C88H94N6O16P6. The Hall–Kier alpha value is -10.4. The predicted molar refractivity (Wildman–Crippen MR) is 463 cm³/mol. The molecule has 1 aliphatic heterocycles. The molecule has 1 aliphatic rings. The topological polar surface area (TPSA) is 229 Å². The zero-order chi connectivity index (χ0) is 82.4. The summed E-state index contributed by atoms with van der Waals surface area (Å²) in [7, 11) is -23.3. The van der Waals surface area contributed by atoms with Gasteiger partial charge in [-0.25, -0.2) is 0 Å². The van der Waals surface area contributed by atoms with Gasteiger partial charge in [-0.15, -0.1) is 0 Å². The summed E-state index contributed by atoms with van der Waals surface area (Å²) in [6, 6.07) is 69.0. The van der Waals surface area contributed by atoms with Crippen LogP contribution in [0.25, 0.3) is 0 Å². The molecule has 4 atom stereocenters. The first-order chi connectivity index (χ1) is 55.6. The molecule has 0 radical (unpaired) electrons. The third-order valence-electron chi connectivity index (χ3n) is 20.1. The van der Waals surface area contributed by atoms with Crippen LogP contribution in [0.4, 0.5) is 0 Å². The number of phenolic OH excluding ortho intramolecular Hbond substituents is 4. The summed E-state index contributed by atoms with van der Waals surface area (Å²) in [6.45, 7) is 31.2. The van der Waals surface area contributed by atoms with Gasteiger partial charge >= 0.3 is 688 Å². The zero-order valence-electron chi connectivity index (χ0n) is 67.3. The SMILES string of the molecule is Cc1cccc(ON2P(Oc3cccc(C)c3C)NPN=P(Oc3ccc(O)cc3)(Oc3ccc(O)cc3)N(Oc3cccc(C)c3C)P(Oc3ccc(O)cc3)(Oc3ccc(O)cc3)(Oc3cccc(C)c3C)N(Oc3cccc(C)c3C)P(Oc3cccc(C)c3C)N(Oc3cccc(C)c3C)P2Oc2cccc(C)c2C)c1C. The number of rotatable bonds is 24. The van der Waals surface area contributed by atoms with Crippen molar-refractivity contribution < 1.29 is 76.0 Å². The van der Waals surface area contributed by atoms with E-state index in [4.69, 9.17) is 60.1 Å². The second kappa shape index (κ2) is 35.6. The average Bonchev–Trinajstić information content (AvgIpc) is 0.676. The minimum atomic E-state index is -7.49. The molecule has 0 spiro atoms. The molecular weight excluding hydrogens is 1580 g/mol. The summed E-state index contributed by atoms with van der Waals surface area (Å²) in [5.74, 6) is 1.26. The fourth-order valence-electron chi connectivity index (χ4n) is 11.9. The fraction of sp³-hybridized carbons (Fsp3) is 0.182. The summed E-state index contributed by atoms with van der Waals surface area (Å²) in [4.78, 5) is 36.7. The summed E-state index contributed by atoms with van der Waals surface area (Å²) < 4.78 is 78.0. The molecule has 5 N–H and O–H groups in total. The van der Waals surface area contributed by atoms with Crippen molar-refractivity contribution in [3.8, 4) is 92.0 Å². The van der Waals surface area contributed by atoms with Gasteiger partial charge in [0, 0.05) is 0 Å². The quantitative estimate of drug-likeness (QED) is 0.0354. The first-order valence-corrected chi connectivity index (χ1v) is 45.2. The number of hydrogen-bond acceptors (Lipinski definition) is 22. The molecule has 116 heavy (non-hydrogen) atoms. The van der Waals surface area contributed by atoms with Gasteiger partial charge < -0.3 is 0 Å². The molecule has 0 amide bonds. The monoisotopic (exact) mass is 1680 g/mol. The normalized spacial score (nSPS) is 17.0. The Morgan fingerprint density at radius 1 is 0.302 bits per heavy atom. The van der Waals surface area contributed by atoms with Crippen LogP contribution in [-0.2, 0) is 0 Å². The van der Waals surface area contributed by atoms with Gasteiger partial charge in [0.2, 0.25) is 0 Å². The van der Waals surface area contributed by atoms with Gasteiger partial charge in [0.1, 0.15) is 0 Å². The van der Waals surface area contributed by atoms with Crippen molar-refractivity contribution in [1.82, 2.24) is 23.3 Å². The predicted octanol–water partition coefficient (Wildman–Crippen LogP) is 25.4. The molecule has 0 fully saturated rings. The first kappa shape index (κ1) is 83.6. The molecule has 1 heterocycles. The molecule has 12 aromatic rings. The molecule has 12 aromatic carbocycles. The summed E-state index contributed by atoms with van der Waals surface area (Å²) in [6.07, 6.45) is 0. The van der Waals surface area contributed by atoms with Gasteiger partial charge in [0.25, 0.3) is 0 Å². The van der Waals surface area contributed by atoms with Crippen LogP contribution >= 0.6 is 49.5 Å². The summed E-state index contributed by atoms with van der Waals surface area (Å²) >= 11 is 0. The summed E-state index contributed by atoms with van der Waals surface area (Å²) in [5, 5.41) is 46.3. The Morgan fingerprint density at radius 2 is 0.586 bits per heavy atom. The first-order valence-electron chi connectivity index (χ1n) is 37.3. The third kappa shape index (κ3) is 17.9. The molecule has 602 valence electrons. The Labute approximate surface area is 683 Å². The molecule has 22 nitrogen and oxygen atoms in total. The zero-order valence-corrected chi connectivity index (χ0v) is 72.7. The average molecular weight is 1680 g/mol. The van der Waals surface area contributed by atoms with Crippen LogP contribution < -0.4 is 60.4 Å². The van der Waals surface area contributed by atoms with E-state index in [2.05, 4.69) is 4.86 Å². The fourth-order valence-corrected chi connectivity index (χ4v) is 28.4. The number of aryl methyl sites for hydroxylation is 8. The number of phenols is 4. The molecule has 0 aromatic heterocycles. The van der Waals surface area contributed by atoms with Crippen molar-refractivity contribution in [2.75, 3.05) is 0 Å². The minimum absolute atomic E-state index is 0.0118. The van der Waals surface area contributed by atoms with E-state index >= 15 is 0 Å². The van der Waals surface area contributed by atoms with Crippen LogP contribution in [-0.4, -0.2) is 38.8 Å². The van der Waals surface area contributed by atoms with Gasteiger partial charge in [-0.1, -0.05) is 0 Å². The van der Waals surface area contributed by atoms with Crippen LogP contribution in [0.2, 0.25) is 0 Å². The molecule has 28 heteroatoms. The van der Waals surface area contributed by atoms with Gasteiger partial charge in [-0.2, -0.15) is 0 Å². The van der Waals surface area contributed by atoms with Gasteiger partial charge in [-0.05, 0) is 0 Å². The van der Waals surface area contributed by atoms with Crippen molar-refractivity contribution in [1.29, 1.82) is 0 Å². The van der Waals surface area contributed by atoms with E-state index in [0.717, 1.165) is 61.2 Å². The second-order valence-electron chi connectivity index (χ2n) is 28.1. The number of benzene rings is 12. The molecule has 0 aliphatic carbocycles. The number of nitrogens with one attached hydrogen (secondary N) is 1. The number of hydrogen-bond donors (Lipinski definition) is 5. The van der Waals surface area contributed by atoms with Crippen LogP contribution in [0.5, 0.6) is 92.0 Å².